The Hall–Kier alpha value is -1.81. The number of piperidine rings is 1. The van der Waals surface area contributed by atoms with Gasteiger partial charge in [-0.05, 0) is 25.9 Å². The van der Waals surface area contributed by atoms with E-state index in [9.17, 15) is 4.79 Å². The van der Waals surface area contributed by atoms with Crippen LogP contribution in [-0.2, 0) is 4.74 Å². The molecule has 4 nitrogen and oxygen atoms in total. The molecule has 2 aliphatic heterocycles. The fourth-order valence-corrected chi connectivity index (χ4v) is 2.12. The molecule has 0 amide bonds. The van der Waals surface area contributed by atoms with Gasteiger partial charge in [0, 0.05) is 55.6 Å². The van der Waals surface area contributed by atoms with Crippen LogP contribution in [-0.4, -0.2) is 41.0 Å². The molecule has 4 heteroatoms. The van der Waals surface area contributed by atoms with Crippen LogP contribution < -0.4 is 0 Å². The lowest BCUT2D eigenvalue weighted by Gasteiger charge is -2.35. The maximum atomic E-state index is 13.2. The molecule has 1 aromatic carbocycles. The van der Waals surface area contributed by atoms with Gasteiger partial charge in [-0.3, -0.25) is 0 Å². The summed E-state index contributed by atoms with van der Waals surface area (Å²) in [6, 6.07) is -5.19. The lowest BCUT2D eigenvalue weighted by molar-refractivity contribution is -0.000258. The first-order chi connectivity index (χ1) is 15.6. The number of carbonyl (C=O) groups excluding carboxylic acids is 1. The summed E-state index contributed by atoms with van der Waals surface area (Å²) >= 11 is 0. The van der Waals surface area contributed by atoms with Gasteiger partial charge in [0.05, 0.1) is 11.0 Å². The molecule has 0 aliphatic carbocycles. The van der Waals surface area contributed by atoms with Crippen LogP contribution in [0.2, 0.25) is 0 Å². The van der Waals surface area contributed by atoms with Crippen molar-refractivity contribution in [2.24, 2.45) is 0 Å². The molecule has 1 N–H and O–H groups in total. The van der Waals surface area contributed by atoms with E-state index >= 15 is 0 Å². The van der Waals surface area contributed by atoms with Gasteiger partial charge in [-0.25, -0.2) is 4.79 Å². The SMILES string of the molecule is [2H]c1cc2[nH]c([2H])c(C(=O)OC3([2H])C([2H])([2H])[C@]4([2H])N(C)[C@]([2H])(C3([2H])[2H])C([2H])([2H])C4([2H])[2H])c2cc1[2H]. The zero-order valence-corrected chi connectivity index (χ0v) is 10.9. The molecular weight excluding hydrogens is 264 g/mol. The largest absolute Gasteiger partial charge is 0.459 e. The first-order valence-electron chi connectivity index (χ1n) is 13.2. The molecule has 0 saturated carbocycles. The van der Waals surface area contributed by atoms with Crippen LogP contribution in [0.1, 0.15) is 55.0 Å². The lowest BCUT2D eigenvalue weighted by atomic mass is 10.0. The second kappa shape index (κ2) is 4.88. The van der Waals surface area contributed by atoms with Crippen molar-refractivity contribution in [3.63, 3.8) is 0 Å². The minimum atomic E-state index is -3.83. The van der Waals surface area contributed by atoms with Crippen LogP contribution in [0.3, 0.4) is 0 Å². The van der Waals surface area contributed by atoms with Gasteiger partial charge in [-0.2, -0.15) is 0 Å². The number of carbonyl (C=O) groups is 1. The van der Waals surface area contributed by atoms with Gasteiger partial charge >= 0.3 is 5.97 Å². The Morgan fingerprint density at radius 3 is 2.90 bits per heavy atom. The fraction of sp³-hybridized carbons (Fsp3) is 0.471. The van der Waals surface area contributed by atoms with Gasteiger partial charge < -0.3 is 14.6 Å². The summed E-state index contributed by atoms with van der Waals surface area (Å²) in [5.74, 6) is -1.64. The molecule has 3 heterocycles. The summed E-state index contributed by atoms with van der Waals surface area (Å²) in [6.45, 7) is 0. The number of ether oxygens (including phenoxy) is 1. The molecule has 2 aromatic rings. The number of rotatable bonds is 2. The van der Waals surface area contributed by atoms with Crippen LogP contribution in [0.4, 0.5) is 0 Å². The van der Waals surface area contributed by atoms with E-state index in [0.29, 0.717) is 0 Å². The molecule has 0 spiro atoms. The van der Waals surface area contributed by atoms with Crippen molar-refractivity contribution in [3.05, 3.63) is 36.0 Å². The van der Waals surface area contributed by atoms with E-state index in [1.165, 1.54) is 0 Å². The highest BCUT2D eigenvalue weighted by molar-refractivity contribution is 6.04. The Morgan fingerprint density at radius 2 is 2.14 bits per heavy atom. The summed E-state index contributed by atoms with van der Waals surface area (Å²) in [5, 5.41) is -0.117. The van der Waals surface area contributed by atoms with Crippen molar-refractivity contribution in [1.29, 1.82) is 0 Å². The highest BCUT2D eigenvalue weighted by Gasteiger charge is 2.40. The maximum absolute atomic E-state index is 13.2. The average molecular weight is 298 g/mol. The number of fused-ring (bicyclic) bond motifs is 3. The van der Waals surface area contributed by atoms with Crippen LogP contribution in [0.25, 0.3) is 10.9 Å². The molecule has 0 radical (unpaired) electrons. The summed E-state index contributed by atoms with van der Waals surface area (Å²) < 4.78 is 121. The predicted octanol–water partition coefficient (Wildman–Crippen LogP) is 2.95. The topological polar surface area (TPSA) is 45.3 Å². The number of aromatic amines is 1. The first-order valence-corrected chi connectivity index (χ1v) is 6.16. The van der Waals surface area contributed by atoms with E-state index < -0.39 is 61.3 Å². The molecular formula is C17H20N2O2. The number of para-hydroxylation sites is 1. The molecule has 2 aliphatic rings. The predicted molar refractivity (Wildman–Crippen MR) is 81.3 cm³/mol. The highest BCUT2D eigenvalue weighted by Crippen LogP contribution is 2.35. The number of nitrogens with zero attached hydrogens (tertiary/aromatic N) is 1. The van der Waals surface area contributed by atoms with Crippen LogP contribution in [0, 0.1) is 0 Å². The van der Waals surface area contributed by atoms with E-state index in [4.69, 9.17) is 23.9 Å². The number of benzene rings is 1. The van der Waals surface area contributed by atoms with E-state index in [1.807, 2.05) is 0 Å². The molecule has 2 bridgehead atoms. The zero-order chi connectivity index (χ0) is 26.9. The molecule has 110 valence electrons. The summed E-state index contributed by atoms with van der Waals surface area (Å²) in [4.78, 5) is 15.9. The van der Waals surface area contributed by atoms with Crippen molar-refractivity contribution in [1.82, 2.24) is 9.88 Å². The van der Waals surface area contributed by atoms with Gasteiger partial charge in [-0.1, -0.05) is 18.2 Å². The van der Waals surface area contributed by atoms with Gasteiger partial charge in [-0.15, -0.1) is 0 Å². The third-order valence-corrected chi connectivity index (χ3v) is 3.23. The molecule has 2 saturated heterocycles. The number of H-pyrrole nitrogens is 1. The standard InChI is InChI=1S/C17H20N2O2/c1-19-11-6-7-12(19)9-13(8-11)21-17(20)15-10-18-16-5-3-2-4-14(15)16/h2-5,10-13,18H,6-9H2,1H3/t11-,12+,13?/i2D,3D,6D2,7D2,8D2,9D2,10D,11D,12D,13D. The van der Waals surface area contributed by atoms with Crippen LogP contribution >= 0.6 is 0 Å². The Morgan fingerprint density at radius 1 is 1.43 bits per heavy atom. The highest BCUT2D eigenvalue weighted by atomic mass is 16.5. The van der Waals surface area contributed by atoms with Crippen LogP contribution in [0.5, 0.6) is 0 Å². The summed E-state index contributed by atoms with van der Waals surface area (Å²) in [5.41, 5.74) is -0.583. The summed E-state index contributed by atoms with van der Waals surface area (Å²) in [7, 11) is 0.801. The second-order valence-electron chi connectivity index (χ2n) is 4.50. The minimum Gasteiger partial charge on any atom is -0.459 e. The number of nitrogens with one attached hydrogen (secondary N) is 1. The van der Waals surface area contributed by atoms with Gasteiger partial charge in [0.1, 0.15) is 6.08 Å². The van der Waals surface area contributed by atoms with E-state index in [-0.39, 0.29) is 27.9 Å². The number of aromatic nitrogens is 1. The molecule has 3 atom stereocenters. The number of hydrogen-bond donors (Lipinski definition) is 1. The van der Waals surface area contributed by atoms with Crippen LogP contribution in [0.15, 0.2) is 30.4 Å². The number of esters is 1. The summed E-state index contributed by atoms with van der Waals surface area (Å²) in [6.07, 6.45) is -19.1. The molecule has 1 aromatic heterocycles. The van der Waals surface area contributed by atoms with Gasteiger partial charge in [0.2, 0.25) is 0 Å². The minimum absolute atomic E-state index is 0.0537. The average Bonchev–Trinajstić information content (AvgIpc) is 3.07. The second-order valence-corrected chi connectivity index (χ2v) is 4.50. The van der Waals surface area contributed by atoms with Gasteiger partial charge in [0.15, 0.2) is 0 Å². The fourth-order valence-electron chi connectivity index (χ4n) is 2.12. The smallest absolute Gasteiger partial charge is 0.340 e. The van der Waals surface area contributed by atoms with Gasteiger partial charge in [0.25, 0.3) is 0 Å². The van der Waals surface area contributed by atoms with Crippen molar-refractivity contribution >= 4 is 16.9 Å². The quantitative estimate of drug-likeness (QED) is 0.867. The Bertz CT molecular complexity index is 1240. The Labute approximate surface area is 143 Å². The third kappa shape index (κ3) is 2.14. The number of hydrogen-bond acceptors (Lipinski definition) is 3. The Balaban J connectivity index is 1.95. The van der Waals surface area contributed by atoms with Crippen molar-refractivity contribution < 1.29 is 28.7 Å². The van der Waals surface area contributed by atoms with E-state index in [1.54, 1.807) is 0 Å². The third-order valence-electron chi connectivity index (χ3n) is 3.23. The van der Waals surface area contributed by atoms with E-state index in [0.717, 1.165) is 19.2 Å². The first kappa shape index (κ1) is 4.85. The maximum Gasteiger partial charge on any atom is 0.340 e. The van der Waals surface area contributed by atoms with Crippen molar-refractivity contribution in [3.8, 4) is 0 Å². The van der Waals surface area contributed by atoms with Crippen molar-refractivity contribution in [2.45, 2.75) is 43.6 Å². The van der Waals surface area contributed by atoms with Crippen molar-refractivity contribution in [2.75, 3.05) is 7.05 Å². The normalized spacial score (nSPS) is 58.7. The zero-order valence-electron chi connectivity index (χ0n) is 24.9. The molecule has 2 fully saturated rings. The lowest BCUT2D eigenvalue weighted by Crippen LogP contribution is -2.43. The molecule has 1 unspecified atom stereocenters. The van der Waals surface area contributed by atoms with E-state index in [2.05, 4.69) is 4.98 Å². The molecule has 4 rings (SSSR count). The molecule has 21 heavy (non-hydrogen) atoms. The monoisotopic (exact) mass is 298 g/mol. The Kier molecular flexibility index (Phi) is 1.13.